The van der Waals surface area contributed by atoms with Gasteiger partial charge >= 0.3 is 6.09 Å². The van der Waals surface area contributed by atoms with Crippen LogP contribution in [-0.2, 0) is 4.74 Å². The molecule has 5 rings (SSSR count). The molecule has 0 bridgehead atoms. The van der Waals surface area contributed by atoms with E-state index in [4.69, 9.17) is 27.9 Å². The zero-order chi connectivity index (χ0) is 21.5. The van der Waals surface area contributed by atoms with E-state index in [2.05, 4.69) is 25.5 Å². The summed E-state index contributed by atoms with van der Waals surface area (Å²) < 4.78 is 5.25. The summed E-state index contributed by atoms with van der Waals surface area (Å²) in [5.74, 6) is 1.20. The summed E-state index contributed by atoms with van der Waals surface area (Å²) in [6, 6.07) is 8.82. The van der Waals surface area contributed by atoms with Crippen LogP contribution in [0.4, 0.5) is 16.6 Å². The Morgan fingerprint density at radius 2 is 1.97 bits per heavy atom. The minimum Gasteiger partial charge on any atom is -0.447 e. The molecule has 160 valence electrons. The van der Waals surface area contributed by atoms with Crippen LogP contribution in [0, 0.1) is 5.92 Å². The second-order valence-electron chi connectivity index (χ2n) is 7.54. The minimum absolute atomic E-state index is 0.00571. The fourth-order valence-electron chi connectivity index (χ4n) is 3.50. The van der Waals surface area contributed by atoms with Crippen molar-refractivity contribution in [2.75, 3.05) is 16.8 Å². The Labute approximate surface area is 192 Å². The third-order valence-electron chi connectivity index (χ3n) is 5.25. The zero-order valence-corrected chi connectivity index (χ0v) is 18.8. The van der Waals surface area contributed by atoms with Crippen molar-refractivity contribution >= 4 is 52.4 Å². The van der Waals surface area contributed by atoms with Crippen LogP contribution in [0.3, 0.4) is 0 Å². The number of nitrogens with zero attached hydrogens (tertiary/aromatic N) is 5. The maximum absolute atomic E-state index is 12.3. The van der Waals surface area contributed by atoms with Crippen molar-refractivity contribution in [3.8, 4) is 10.6 Å². The average Bonchev–Trinajstić information content (AvgIpc) is 3.32. The van der Waals surface area contributed by atoms with Crippen LogP contribution in [0.1, 0.15) is 30.8 Å². The Kier molecular flexibility index (Phi) is 5.41. The number of cyclic esters (lactones) is 1. The summed E-state index contributed by atoms with van der Waals surface area (Å²) in [7, 11) is 0. The van der Waals surface area contributed by atoms with Gasteiger partial charge in [-0.1, -0.05) is 46.7 Å². The molecular weight excluding hydrogens is 459 g/mol. The van der Waals surface area contributed by atoms with Crippen LogP contribution in [0.25, 0.3) is 10.6 Å². The van der Waals surface area contributed by atoms with Crippen molar-refractivity contribution in [3.63, 3.8) is 0 Å². The van der Waals surface area contributed by atoms with E-state index in [1.807, 2.05) is 31.2 Å². The molecule has 1 N–H and O–H groups in total. The molecule has 2 atom stereocenters. The van der Waals surface area contributed by atoms with E-state index < -0.39 is 6.09 Å². The van der Waals surface area contributed by atoms with E-state index in [1.165, 1.54) is 11.3 Å². The second-order valence-corrected chi connectivity index (χ2v) is 9.38. The van der Waals surface area contributed by atoms with E-state index in [-0.39, 0.29) is 17.2 Å². The van der Waals surface area contributed by atoms with Gasteiger partial charge in [-0.2, -0.15) is 4.98 Å². The number of amides is 1. The monoisotopic (exact) mass is 476 g/mol. The Bertz CT molecular complexity index is 1120. The van der Waals surface area contributed by atoms with Crippen molar-refractivity contribution in [1.29, 1.82) is 0 Å². The highest BCUT2D eigenvalue weighted by atomic mass is 35.5. The summed E-state index contributed by atoms with van der Waals surface area (Å²) in [6.45, 7) is 2.32. The summed E-state index contributed by atoms with van der Waals surface area (Å²) in [5, 5.41) is 14.2. The van der Waals surface area contributed by atoms with Crippen molar-refractivity contribution < 1.29 is 9.53 Å². The van der Waals surface area contributed by atoms with Gasteiger partial charge < -0.3 is 10.1 Å². The fraction of sp³-hybridized carbons (Fsp3) is 0.350. The number of rotatable bonds is 6. The largest absolute Gasteiger partial charge is 0.447 e. The van der Waals surface area contributed by atoms with Gasteiger partial charge in [0.1, 0.15) is 27.6 Å². The fourth-order valence-corrected chi connectivity index (χ4v) is 4.65. The van der Waals surface area contributed by atoms with Gasteiger partial charge in [-0.05, 0) is 37.8 Å². The summed E-state index contributed by atoms with van der Waals surface area (Å²) >= 11 is 13.7. The van der Waals surface area contributed by atoms with Crippen LogP contribution in [-0.4, -0.2) is 38.9 Å². The second kappa shape index (κ2) is 8.22. The Morgan fingerprint density at radius 1 is 1.19 bits per heavy atom. The molecule has 2 fully saturated rings. The van der Waals surface area contributed by atoms with Gasteiger partial charge in [-0.25, -0.2) is 9.78 Å². The van der Waals surface area contributed by atoms with Crippen molar-refractivity contribution in [2.24, 2.45) is 5.92 Å². The highest BCUT2D eigenvalue weighted by Crippen LogP contribution is 2.40. The molecule has 11 heteroatoms. The molecule has 1 aliphatic heterocycles. The van der Waals surface area contributed by atoms with Crippen LogP contribution < -0.4 is 10.2 Å². The molecule has 3 heterocycles. The predicted molar refractivity (Wildman–Crippen MR) is 120 cm³/mol. The van der Waals surface area contributed by atoms with Gasteiger partial charge in [0.25, 0.3) is 0 Å². The van der Waals surface area contributed by atoms with Crippen LogP contribution >= 0.6 is 34.5 Å². The van der Waals surface area contributed by atoms with E-state index >= 15 is 0 Å². The van der Waals surface area contributed by atoms with E-state index in [0.717, 1.165) is 28.4 Å². The lowest BCUT2D eigenvalue weighted by molar-refractivity contribution is 0.178. The van der Waals surface area contributed by atoms with Gasteiger partial charge in [0, 0.05) is 16.7 Å². The lowest BCUT2D eigenvalue weighted by Crippen LogP contribution is -2.35. The molecule has 3 aromatic rings. The molecule has 1 aliphatic carbocycles. The van der Waals surface area contributed by atoms with Crippen LogP contribution in [0.5, 0.6) is 0 Å². The first kappa shape index (κ1) is 20.4. The topological polar surface area (TPSA) is 93.1 Å². The van der Waals surface area contributed by atoms with Gasteiger partial charge in [0.05, 0.1) is 12.1 Å². The number of anilines is 2. The first-order valence-electron chi connectivity index (χ1n) is 9.84. The van der Waals surface area contributed by atoms with E-state index in [0.29, 0.717) is 29.3 Å². The summed E-state index contributed by atoms with van der Waals surface area (Å²) in [4.78, 5) is 22.7. The molecule has 1 saturated carbocycles. The first-order valence-corrected chi connectivity index (χ1v) is 11.4. The molecule has 0 spiro atoms. The lowest BCUT2D eigenvalue weighted by atomic mass is 10.2. The van der Waals surface area contributed by atoms with Crippen LogP contribution in [0.2, 0.25) is 10.2 Å². The number of ether oxygens (including phenoxy) is 1. The molecule has 8 nitrogen and oxygen atoms in total. The third-order valence-corrected chi connectivity index (χ3v) is 6.85. The molecule has 31 heavy (non-hydrogen) atoms. The predicted octanol–water partition coefficient (Wildman–Crippen LogP) is 5.21. The summed E-state index contributed by atoms with van der Waals surface area (Å²) in [5.41, 5.74) is 0.945. The number of carbonyl (C=O) groups is 1. The van der Waals surface area contributed by atoms with E-state index in [9.17, 15) is 4.79 Å². The number of halogens is 2. The molecule has 0 radical (unpaired) electrons. The number of aromatic nitrogens is 4. The Balaban J connectivity index is 1.35. The Morgan fingerprint density at radius 3 is 2.71 bits per heavy atom. The van der Waals surface area contributed by atoms with Crippen LogP contribution in [0.15, 0.2) is 30.3 Å². The van der Waals surface area contributed by atoms with Gasteiger partial charge in [-0.15, -0.1) is 10.2 Å². The van der Waals surface area contributed by atoms with E-state index in [1.54, 1.807) is 11.0 Å². The van der Waals surface area contributed by atoms with Crippen molar-refractivity contribution in [2.45, 2.75) is 31.8 Å². The summed E-state index contributed by atoms with van der Waals surface area (Å²) in [6.07, 6.45) is 1.78. The third kappa shape index (κ3) is 4.30. The molecule has 2 aliphatic rings. The van der Waals surface area contributed by atoms with Gasteiger partial charge in [-0.3, -0.25) is 4.90 Å². The lowest BCUT2D eigenvalue weighted by Gasteiger charge is -2.21. The molecule has 1 amide bonds. The van der Waals surface area contributed by atoms with Crippen molar-refractivity contribution in [1.82, 2.24) is 20.2 Å². The maximum atomic E-state index is 12.3. The SMILES string of the molecule is C[C@H](Nc1nc(Cl)cc(N2C(=O)OC[C@@H]2C2CC2)n1)c1nnc(-c2ccc(Cl)cc2)s1. The average molecular weight is 477 g/mol. The number of benzene rings is 1. The van der Waals surface area contributed by atoms with Gasteiger partial charge in [0.15, 0.2) is 0 Å². The quantitative estimate of drug-likeness (QED) is 0.487. The normalized spacial score (nSPS) is 19.4. The first-order chi connectivity index (χ1) is 15.0. The van der Waals surface area contributed by atoms with Gasteiger partial charge in [0.2, 0.25) is 5.95 Å². The number of nitrogens with one attached hydrogen (secondary N) is 1. The standard InChI is InChI=1S/C20H18Cl2N6O2S/c1-10(17-26-27-18(31-17)12-4-6-13(21)7-5-12)23-19-24-15(22)8-16(25-19)28-14(11-2-3-11)9-30-20(28)29/h4-8,10-11,14H,2-3,9H2,1H3,(H,23,24,25)/t10-,14+/m0/s1. The highest BCUT2D eigenvalue weighted by molar-refractivity contribution is 7.14. The maximum Gasteiger partial charge on any atom is 0.415 e. The number of hydrogen-bond donors (Lipinski definition) is 1. The number of hydrogen-bond acceptors (Lipinski definition) is 8. The highest BCUT2D eigenvalue weighted by Gasteiger charge is 2.44. The molecule has 1 saturated heterocycles. The molecule has 2 aromatic heterocycles. The number of carbonyl (C=O) groups excluding carboxylic acids is 1. The molecule has 1 aromatic carbocycles. The minimum atomic E-state index is -0.401. The zero-order valence-electron chi connectivity index (χ0n) is 16.5. The van der Waals surface area contributed by atoms with Crippen molar-refractivity contribution in [3.05, 3.63) is 45.5 Å². The Hall–Kier alpha value is -2.49. The smallest absolute Gasteiger partial charge is 0.415 e. The molecule has 0 unspecified atom stereocenters. The molecular formula is C20H18Cl2N6O2S.